The van der Waals surface area contributed by atoms with Gasteiger partial charge in [0.25, 0.3) is 0 Å². The predicted octanol–water partition coefficient (Wildman–Crippen LogP) is 3.60. The number of hydrogen-bond donors (Lipinski definition) is 1. The highest BCUT2D eigenvalue weighted by Gasteiger charge is 2.17. The smallest absolute Gasteiger partial charge is 0.0954 e. The normalized spacial score (nSPS) is 14.1. The first-order chi connectivity index (χ1) is 7.94. The van der Waals surface area contributed by atoms with Crippen molar-refractivity contribution in [3.8, 4) is 0 Å². The van der Waals surface area contributed by atoms with Crippen molar-refractivity contribution in [3.63, 3.8) is 0 Å². The van der Waals surface area contributed by atoms with Crippen molar-refractivity contribution in [2.75, 3.05) is 0 Å². The van der Waals surface area contributed by atoms with Gasteiger partial charge in [-0.3, -0.25) is 0 Å². The van der Waals surface area contributed by atoms with E-state index in [-0.39, 0.29) is 11.5 Å². The van der Waals surface area contributed by atoms with Crippen LogP contribution >= 0.6 is 11.3 Å². The second kappa shape index (κ2) is 4.75. The molecule has 0 bridgehead atoms. The Labute approximate surface area is 107 Å². The summed E-state index contributed by atoms with van der Waals surface area (Å²) in [6, 6.07) is 8.46. The minimum absolute atomic E-state index is 0.204. The molecule has 0 aliphatic heterocycles. The number of para-hydroxylation sites is 1. The number of rotatable bonds is 3. The van der Waals surface area contributed by atoms with Gasteiger partial charge in [-0.1, -0.05) is 32.9 Å². The zero-order valence-electron chi connectivity index (χ0n) is 10.7. The Morgan fingerprint density at radius 1 is 1.29 bits per heavy atom. The fourth-order valence-electron chi connectivity index (χ4n) is 2.09. The Morgan fingerprint density at radius 2 is 2.00 bits per heavy atom. The molecule has 1 heterocycles. The third-order valence-electron chi connectivity index (χ3n) is 2.65. The molecule has 1 atom stereocenters. The van der Waals surface area contributed by atoms with E-state index in [2.05, 4.69) is 44.0 Å². The van der Waals surface area contributed by atoms with E-state index in [4.69, 9.17) is 5.73 Å². The van der Waals surface area contributed by atoms with Crippen LogP contribution in [0.3, 0.4) is 0 Å². The molecule has 2 N–H and O–H groups in total. The maximum Gasteiger partial charge on any atom is 0.0954 e. The monoisotopic (exact) mass is 248 g/mol. The third-order valence-corrected chi connectivity index (χ3v) is 3.71. The molecule has 0 fully saturated rings. The molecule has 1 aromatic carbocycles. The molecule has 2 rings (SSSR count). The highest BCUT2D eigenvalue weighted by molar-refractivity contribution is 7.18. The first-order valence-electron chi connectivity index (χ1n) is 6.04. The van der Waals surface area contributed by atoms with Crippen molar-refractivity contribution in [3.05, 3.63) is 29.3 Å². The molecule has 2 nitrogen and oxygen atoms in total. The molecule has 0 aliphatic rings. The van der Waals surface area contributed by atoms with Gasteiger partial charge in [0.15, 0.2) is 0 Å². The Balaban J connectivity index is 2.08. The van der Waals surface area contributed by atoms with Gasteiger partial charge in [0.2, 0.25) is 0 Å². The Morgan fingerprint density at radius 3 is 2.65 bits per heavy atom. The maximum absolute atomic E-state index is 6.18. The van der Waals surface area contributed by atoms with Crippen LogP contribution in [0.15, 0.2) is 24.3 Å². The SMILES string of the molecule is CC(C)(C)CC(N)Cc1nc2ccccc2s1. The van der Waals surface area contributed by atoms with E-state index in [1.54, 1.807) is 11.3 Å². The number of hydrogen-bond acceptors (Lipinski definition) is 3. The van der Waals surface area contributed by atoms with Gasteiger partial charge in [0, 0.05) is 12.5 Å². The lowest BCUT2D eigenvalue weighted by atomic mass is 9.87. The Bertz CT molecular complexity index is 463. The Hall–Kier alpha value is -0.930. The molecule has 3 heteroatoms. The number of benzene rings is 1. The van der Waals surface area contributed by atoms with Gasteiger partial charge in [0.1, 0.15) is 0 Å². The van der Waals surface area contributed by atoms with E-state index in [1.165, 1.54) is 4.70 Å². The molecule has 0 spiro atoms. The summed E-state index contributed by atoms with van der Waals surface area (Å²) in [7, 11) is 0. The van der Waals surface area contributed by atoms with Crippen LogP contribution in [-0.4, -0.2) is 11.0 Å². The van der Waals surface area contributed by atoms with Crippen LogP contribution < -0.4 is 5.73 Å². The van der Waals surface area contributed by atoms with E-state index in [0.29, 0.717) is 0 Å². The average Bonchev–Trinajstić information content (AvgIpc) is 2.55. The van der Waals surface area contributed by atoms with Gasteiger partial charge in [0.05, 0.1) is 15.2 Å². The van der Waals surface area contributed by atoms with Crippen molar-refractivity contribution in [1.82, 2.24) is 4.98 Å². The van der Waals surface area contributed by atoms with Gasteiger partial charge in [-0.05, 0) is 24.0 Å². The molecule has 0 radical (unpaired) electrons. The van der Waals surface area contributed by atoms with Crippen LogP contribution in [0.25, 0.3) is 10.2 Å². The lowest BCUT2D eigenvalue weighted by Gasteiger charge is -2.22. The van der Waals surface area contributed by atoms with E-state index in [0.717, 1.165) is 23.4 Å². The molecule has 1 aromatic heterocycles. The molecule has 1 unspecified atom stereocenters. The molecule has 2 aromatic rings. The number of aromatic nitrogens is 1. The molecule has 0 amide bonds. The Kier molecular flexibility index (Phi) is 3.50. The zero-order chi connectivity index (χ0) is 12.5. The topological polar surface area (TPSA) is 38.9 Å². The molecule has 92 valence electrons. The summed E-state index contributed by atoms with van der Waals surface area (Å²) in [5.74, 6) is 0. The van der Waals surface area contributed by atoms with Gasteiger partial charge in [-0.25, -0.2) is 4.98 Å². The van der Waals surface area contributed by atoms with Crippen molar-refractivity contribution in [1.29, 1.82) is 0 Å². The van der Waals surface area contributed by atoms with Crippen LogP contribution in [0.2, 0.25) is 0 Å². The summed E-state index contributed by atoms with van der Waals surface area (Å²) in [6.07, 6.45) is 1.92. The second-order valence-electron chi connectivity index (χ2n) is 5.80. The van der Waals surface area contributed by atoms with Gasteiger partial charge in [-0.15, -0.1) is 11.3 Å². The van der Waals surface area contributed by atoms with E-state index in [9.17, 15) is 0 Å². The van der Waals surface area contributed by atoms with Crippen LogP contribution in [0.4, 0.5) is 0 Å². The second-order valence-corrected chi connectivity index (χ2v) is 6.92. The first kappa shape index (κ1) is 12.5. The lowest BCUT2D eigenvalue weighted by molar-refractivity contribution is 0.338. The minimum atomic E-state index is 0.204. The van der Waals surface area contributed by atoms with E-state index < -0.39 is 0 Å². The van der Waals surface area contributed by atoms with Crippen molar-refractivity contribution < 1.29 is 0 Å². The summed E-state index contributed by atoms with van der Waals surface area (Å²) in [5, 5.41) is 1.16. The van der Waals surface area contributed by atoms with Crippen molar-refractivity contribution in [2.24, 2.45) is 11.1 Å². The molecular formula is C14H20N2S. The van der Waals surface area contributed by atoms with E-state index in [1.807, 2.05) is 6.07 Å². The average molecular weight is 248 g/mol. The fourth-order valence-corrected chi connectivity index (χ4v) is 3.15. The summed E-state index contributed by atoms with van der Waals surface area (Å²) in [4.78, 5) is 4.62. The van der Waals surface area contributed by atoms with Crippen LogP contribution in [0.5, 0.6) is 0 Å². The summed E-state index contributed by atoms with van der Waals surface area (Å²) in [6.45, 7) is 6.68. The van der Waals surface area contributed by atoms with Gasteiger partial charge in [-0.2, -0.15) is 0 Å². The van der Waals surface area contributed by atoms with Crippen molar-refractivity contribution in [2.45, 2.75) is 39.7 Å². The first-order valence-corrected chi connectivity index (χ1v) is 6.86. The van der Waals surface area contributed by atoms with Gasteiger partial charge >= 0.3 is 0 Å². The van der Waals surface area contributed by atoms with Crippen LogP contribution in [0.1, 0.15) is 32.2 Å². The molecule has 0 aliphatic carbocycles. The van der Waals surface area contributed by atoms with Crippen LogP contribution in [0, 0.1) is 5.41 Å². The number of nitrogens with two attached hydrogens (primary N) is 1. The molecular weight excluding hydrogens is 228 g/mol. The molecule has 0 saturated carbocycles. The third kappa shape index (κ3) is 3.51. The fraction of sp³-hybridized carbons (Fsp3) is 0.500. The number of nitrogens with zero attached hydrogens (tertiary/aromatic N) is 1. The highest BCUT2D eigenvalue weighted by atomic mass is 32.1. The molecule has 0 saturated heterocycles. The largest absolute Gasteiger partial charge is 0.327 e. The quantitative estimate of drug-likeness (QED) is 0.901. The van der Waals surface area contributed by atoms with Gasteiger partial charge < -0.3 is 5.73 Å². The predicted molar refractivity (Wildman–Crippen MR) is 75.4 cm³/mol. The zero-order valence-corrected chi connectivity index (χ0v) is 11.6. The van der Waals surface area contributed by atoms with Crippen LogP contribution in [-0.2, 0) is 6.42 Å². The minimum Gasteiger partial charge on any atom is -0.327 e. The highest BCUT2D eigenvalue weighted by Crippen LogP contribution is 2.25. The van der Waals surface area contributed by atoms with E-state index >= 15 is 0 Å². The summed E-state index contributed by atoms with van der Waals surface area (Å²) >= 11 is 1.76. The standard InChI is InChI=1S/C14H20N2S/c1-14(2,3)9-10(15)8-13-16-11-6-4-5-7-12(11)17-13/h4-7,10H,8-9,15H2,1-3H3. The van der Waals surface area contributed by atoms with Crippen molar-refractivity contribution >= 4 is 21.6 Å². The maximum atomic E-state index is 6.18. The summed E-state index contributed by atoms with van der Waals surface area (Å²) < 4.78 is 1.26. The summed E-state index contributed by atoms with van der Waals surface area (Å²) in [5.41, 5.74) is 7.56. The molecule has 17 heavy (non-hydrogen) atoms. The number of fused-ring (bicyclic) bond motifs is 1. The lowest BCUT2D eigenvalue weighted by Crippen LogP contribution is -2.28. The number of thiazole rings is 1.